The van der Waals surface area contributed by atoms with Gasteiger partial charge in [-0.1, -0.05) is 30.7 Å². The minimum absolute atomic E-state index is 0.224. The van der Waals surface area contributed by atoms with Crippen molar-refractivity contribution in [3.8, 4) is 0 Å². The molecule has 1 unspecified atom stereocenters. The van der Waals surface area contributed by atoms with Crippen LogP contribution in [0.25, 0.3) is 0 Å². The predicted molar refractivity (Wildman–Crippen MR) is 71.7 cm³/mol. The van der Waals surface area contributed by atoms with E-state index in [4.69, 9.17) is 5.84 Å². The number of nitrogens with two attached hydrogens (primary N) is 1. The number of hydrogen-bond acceptors (Lipinski definition) is 3. The fourth-order valence-electron chi connectivity index (χ4n) is 2.53. The third-order valence-electron chi connectivity index (χ3n) is 3.67. The van der Waals surface area contributed by atoms with Gasteiger partial charge < -0.3 is 4.90 Å². The van der Waals surface area contributed by atoms with Crippen molar-refractivity contribution in [1.82, 2.24) is 10.3 Å². The molecule has 17 heavy (non-hydrogen) atoms. The summed E-state index contributed by atoms with van der Waals surface area (Å²) < 4.78 is 0. The van der Waals surface area contributed by atoms with E-state index in [0.29, 0.717) is 0 Å². The average Bonchev–Trinajstić information content (AvgIpc) is 2.24. The second-order valence-electron chi connectivity index (χ2n) is 5.24. The van der Waals surface area contributed by atoms with Crippen molar-refractivity contribution < 1.29 is 0 Å². The lowest BCUT2D eigenvalue weighted by atomic mass is 9.77. The van der Waals surface area contributed by atoms with Crippen LogP contribution in [-0.2, 0) is 0 Å². The third-order valence-corrected chi connectivity index (χ3v) is 3.67. The normalized spacial score (nSPS) is 18.1. The number of likely N-dealkylation sites (N-methyl/N-ethyl adjacent to an activating group) is 1. The van der Waals surface area contributed by atoms with Crippen molar-refractivity contribution in [2.75, 3.05) is 20.6 Å². The highest BCUT2D eigenvalue weighted by Gasteiger charge is 2.24. The number of benzene rings is 1. The van der Waals surface area contributed by atoms with Gasteiger partial charge in [0, 0.05) is 6.54 Å². The number of nitrogens with zero attached hydrogens (tertiary/aromatic N) is 1. The summed E-state index contributed by atoms with van der Waals surface area (Å²) in [5, 5.41) is 0. The molecule has 0 saturated heterocycles. The Morgan fingerprint density at radius 3 is 2.59 bits per heavy atom. The van der Waals surface area contributed by atoms with Gasteiger partial charge in [-0.25, -0.2) is 0 Å². The summed E-state index contributed by atoms with van der Waals surface area (Å²) >= 11 is 0. The monoisotopic (exact) mass is 233 g/mol. The third kappa shape index (κ3) is 2.86. The lowest BCUT2D eigenvalue weighted by molar-refractivity contribution is 0.338. The van der Waals surface area contributed by atoms with Gasteiger partial charge in [-0.2, -0.15) is 0 Å². The summed E-state index contributed by atoms with van der Waals surface area (Å²) in [5.41, 5.74) is 5.81. The number of hydrogen-bond donors (Lipinski definition) is 2. The molecular formula is C14H23N3. The van der Waals surface area contributed by atoms with Crippen molar-refractivity contribution >= 4 is 0 Å². The van der Waals surface area contributed by atoms with E-state index in [-0.39, 0.29) is 6.04 Å². The largest absolute Gasteiger partial charge is 0.307 e. The maximum Gasteiger partial charge on any atom is 0.0589 e. The lowest BCUT2D eigenvalue weighted by Gasteiger charge is -2.31. The molecule has 0 radical (unpaired) electrons. The van der Waals surface area contributed by atoms with E-state index in [1.807, 2.05) is 0 Å². The SMILES string of the molecule is CN(C)CC(NN)c1ccccc1C1CCC1. The molecular weight excluding hydrogens is 210 g/mol. The fourth-order valence-corrected chi connectivity index (χ4v) is 2.53. The smallest absolute Gasteiger partial charge is 0.0589 e. The summed E-state index contributed by atoms with van der Waals surface area (Å²) in [7, 11) is 4.16. The summed E-state index contributed by atoms with van der Waals surface area (Å²) in [5.74, 6) is 6.46. The highest BCUT2D eigenvalue weighted by atomic mass is 15.3. The Bertz CT molecular complexity index is 358. The first kappa shape index (κ1) is 12.6. The van der Waals surface area contributed by atoms with Crippen molar-refractivity contribution in [2.24, 2.45) is 5.84 Å². The lowest BCUT2D eigenvalue weighted by Crippen LogP contribution is -2.36. The highest BCUT2D eigenvalue weighted by molar-refractivity contribution is 5.34. The molecule has 3 nitrogen and oxygen atoms in total. The van der Waals surface area contributed by atoms with E-state index in [1.54, 1.807) is 0 Å². The van der Waals surface area contributed by atoms with Crippen molar-refractivity contribution in [3.05, 3.63) is 35.4 Å². The Morgan fingerprint density at radius 2 is 2.06 bits per heavy atom. The van der Waals surface area contributed by atoms with Gasteiger partial charge in [0.1, 0.15) is 0 Å². The highest BCUT2D eigenvalue weighted by Crippen LogP contribution is 2.39. The van der Waals surface area contributed by atoms with Gasteiger partial charge in [0.15, 0.2) is 0 Å². The van der Waals surface area contributed by atoms with Gasteiger partial charge in [-0.05, 0) is 44.0 Å². The van der Waals surface area contributed by atoms with Crippen LogP contribution in [-0.4, -0.2) is 25.5 Å². The Kier molecular flexibility index (Phi) is 4.15. The molecule has 1 aliphatic carbocycles. The van der Waals surface area contributed by atoms with Gasteiger partial charge in [-0.15, -0.1) is 0 Å². The zero-order valence-corrected chi connectivity index (χ0v) is 10.8. The van der Waals surface area contributed by atoms with Crippen LogP contribution in [0.5, 0.6) is 0 Å². The molecule has 94 valence electrons. The first-order chi connectivity index (χ1) is 8.22. The van der Waals surface area contributed by atoms with Crippen LogP contribution in [0.1, 0.15) is 42.3 Å². The number of hydrazine groups is 1. The topological polar surface area (TPSA) is 41.3 Å². The van der Waals surface area contributed by atoms with Gasteiger partial charge in [0.25, 0.3) is 0 Å². The second kappa shape index (κ2) is 5.63. The van der Waals surface area contributed by atoms with E-state index >= 15 is 0 Å². The maximum atomic E-state index is 5.70. The van der Waals surface area contributed by atoms with Crippen LogP contribution < -0.4 is 11.3 Å². The zero-order valence-electron chi connectivity index (χ0n) is 10.8. The van der Waals surface area contributed by atoms with Crippen LogP contribution in [0.2, 0.25) is 0 Å². The van der Waals surface area contributed by atoms with E-state index in [2.05, 4.69) is 48.7 Å². The summed E-state index contributed by atoms with van der Waals surface area (Å²) in [4.78, 5) is 2.17. The molecule has 1 fully saturated rings. The molecule has 1 saturated carbocycles. The number of rotatable bonds is 5. The minimum atomic E-state index is 0.224. The molecule has 0 amide bonds. The average molecular weight is 233 g/mol. The van der Waals surface area contributed by atoms with Crippen molar-refractivity contribution in [1.29, 1.82) is 0 Å². The molecule has 2 rings (SSSR count). The molecule has 0 spiro atoms. The van der Waals surface area contributed by atoms with E-state index in [0.717, 1.165) is 12.5 Å². The van der Waals surface area contributed by atoms with Crippen molar-refractivity contribution in [2.45, 2.75) is 31.2 Å². The first-order valence-corrected chi connectivity index (χ1v) is 6.42. The molecule has 1 aliphatic rings. The van der Waals surface area contributed by atoms with Crippen LogP contribution in [0.3, 0.4) is 0 Å². The standard InChI is InChI=1S/C14H23N3/c1-17(2)10-14(16-15)13-9-4-3-8-12(13)11-6-5-7-11/h3-4,8-9,11,14,16H,5-7,10,15H2,1-2H3. The summed E-state index contributed by atoms with van der Waals surface area (Å²) in [6.45, 7) is 0.931. The Hall–Kier alpha value is -0.900. The summed E-state index contributed by atoms with van der Waals surface area (Å²) in [6, 6.07) is 8.94. The second-order valence-corrected chi connectivity index (χ2v) is 5.24. The van der Waals surface area contributed by atoms with Gasteiger partial charge >= 0.3 is 0 Å². The van der Waals surface area contributed by atoms with Gasteiger partial charge in [0.2, 0.25) is 0 Å². The van der Waals surface area contributed by atoms with Crippen LogP contribution >= 0.6 is 0 Å². The molecule has 0 heterocycles. The van der Waals surface area contributed by atoms with Crippen LogP contribution in [0, 0.1) is 0 Å². The van der Waals surface area contributed by atoms with E-state index in [9.17, 15) is 0 Å². The van der Waals surface area contributed by atoms with Crippen LogP contribution in [0.4, 0.5) is 0 Å². The van der Waals surface area contributed by atoms with E-state index in [1.165, 1.54) is 30.4 Å². The fraction of sp³-hybridized carbons (Fsp3) is 0.571. The Labute approximate surface area is 104 Å². The molecule has 1 aromatic rings. The quantitative estimate of drug-likeness (QED) is 0.604. The first-order valence-electron chi connectivity index (χ1n) is 6.42. The minimum Gasteiger partial charge on any atom is -0.307 e. The molecule has 0 bridgehead atoms. The Balaban J connectivity index is 2.22. The molecule has 0 aromatic heterocycles. The van der Waals surface area contributed by atoms with Gasteiger partial charge in [-0.3, -0.25) is 11.3 Å². The molecule has 3 N–H and O–H groups in total. The van der Waals surface area contributed by atoms with Gasteiger partial charge in [0.05, 0.1) is 6.04 Å². The van der Waals surface area contributed by atoms with E-state index < -0.39 is 0 Å². The van der Waals surface area contributed by atoms with Crippen molar-refractivity contribution in [3.63, 3.8) is 0 Å². The number of nitrogens with one attached hydrogen (secondary N) is 1. The molecule has 1 atom stereocenters. The Morgan fingerprint density at radius 1 is 1.35 bits per heavy atom. The predicted octanol–water partition coefficient (Wildman–Crippen LogP) is 2.02. The zero-order chi connectivity index (χ0) is 12.3. The maximum absolute atomic E-state index is 5.70. The molecule has 0 aliphatic heterocycles. The molecule has 3 heteroatoms. The summed E-state index contributed by atoms with van der Waals surface area (Å²) in [6.07, 6.45) is 4.03. The van der Waals surface area contributed by atoms with Crippen LogP contribution in [0.15, 0.2) is 24.3 Å². The molecule has 1 aromatic carbocycles.